The Balaban J connectivity index is 1.70. The summed E-state index contributed by atoms with van der Waals surface area (Å²) in [5.74, 6) is 1.63. The molecule has 1 nitrogen and oxygen atoms in total. The first-order chi connectivity index (χ1) is 6.74. The lowest BCUT2D eigenvalue weighted by atomic mass is 9.77. The van der Waals surface area contributed by atoms with Gasteiger partial charge in [0.15, 0.2) is 0 Å². The monoisotopic (exact) mass is 196 g/mol. The summed E-state index contributed by atoms with van der Waals surface area (Å²) in [5.41, 5.74) is -0.199. The van der Waals surface area contributed by atoms with Crippen LogP contribution in [0.2, 0.25) is 0 Å². The van der Waals surface area contributed by atoms with E-state index >= 15 is 0 Å². The van der Waals surface area contributed by atoms with Gasteiger partial charge in [0, 0.05) is 0 Å². The Bertz CT molecular complexity index is 176. The molecule has 2 fully saturated rings. The maximum absolute atomic E-state index is 10.0. The van der Waals surface area contributed by atoms with E-state index in [0.29, 0.717) is 5.92 Å². The second kappa shape index (κ2) is 4.22. The Morgan fingerprint density at radius 3 is 2.29 bits per heavy atom. The molecule has 1 heteroatoms. The zero-order valence-corrected chi connectivity index (χ0v) is 9.47. The van der Waals surface area contributed by atoms with Crippen LogP contribution in [0.25, 0.3) is 0 Å². The summed E-state index contributed by atoms with van der Waals surface area (Å²) in [4.78, 5) is 0. The molecule has 2 saturated carbocycles. The summed E-state index contributed by atoms with van der Waals surface area (Å²) >= 11 is 0. The maximum atomic E-state index is 10.0. The highest BCUT2D eigenvalue weighted by Crippen LogP contribution is 2.49. The van der Waals surface area contributed by atoms with Gasteiger partial charge in [0.25, 0.3) is 0 Å². The van der Waals surface area contributed by atoms with Gasteiger partial charge in [-0.05, 0) is 37.5 Å². The fourth-order valence-corrected chi connectivity index (χ4v) is 3.02. The Hall–Kier alpha value is -0.0400. The third-order valence-electron chi connectivity index (χ3n) is 4.33. The van der Waals surface area contributed by atoms with Gasteiger partial charge in [0.1, 0.15) is 0 Å². The standard InChI is InChI=1S/C13H24O/c1-2-3-4-11-5-7-12(8-6-11)13(14)9-10-13/h11-12,14H,2-10H2,1H3. The van der Waals surface area contributed by atoms with Crippen LogP contribution in [0.5, 0.6) is 0 Å². The molecule has 0 aliphatic heterocycles. The molecule has 0 atom stereocenters. The lowest BCUT2D eigenvalue weighted by molar-refractivity contribution is 0.0499. The highest BCUT2D eigenvalue weighted by Gasteiger charge is 2.47. The van der Waals surface area contributed by atoms with Crippen molar-refractivity contribution in [2.45, 2.75) is 70.3 Å². The van der Waals surface area contributed by atoms with Crippen LogP contribution in [0.4, 0.5) is 0 Å². The van der Waals surface area contributed by atoms with E-state index in [1.807, 2.05) is 0 Å². The highest BCUT2D eigenvalue weighted by molar-refractivity contribution is 5.00. The van der Waals surface area contributed by atoms with Crippen LogP contribution in [0, 0.1) is 11.8 Å². The van der Waals surface area contributed by atoms with E-state index < -0.39 is 0 Å². The van der Waals surface area contributed by atoms with E-state index in [2.05, 4.69) is 6.92 Å². The van der Waals surface area contributed by atoms with Gasteiger partial charge in [0.05, 0.1) is 5.60 Å². The van der Waals surface area contributed by atoms with Crippen LogP contribution >= 0.6 is 0 Å². The molecule has 0 unspecified atom stereocenters. The van der Waals surface area contributed by atoms with Gasteiger partial charge in [0.2, 0.25) is 0 Å². The zero-order chi connectivity index (χ0) is 10.0. The predicted molar refractivity (Wildman–Crippen MR) is 59.2 cm³/mol. The molecule has 0 radical (unpaired) electrons. The molecule has 2 aliphatic rings. The van der Waals surface area contributed by atoms with Crippen molar-refractivity contribution in [1.29, 1.82) is 0 Å². The van der Waals surface area contributed by atoms with E-state index in [1.54, 1.807) is 0 Å². The summed E-state index contributed by atoms with van der Waals surface area (Å²) in [6.45, 7) is 2.28. The normalized spacial score (nSPS) is 35.6. The molecule has 0 heterocycles. The summed E-state index contributed by atoms with van der Waals surface area (Å²) in [6.07, 6.45) is 11.7. The van der Waals surface area contributed by atoms with Gasteiger partial charge < -0.3 is 5.11 Å². The topological polar surface area (TPSA) is 20.2 Å². The predicted octanol–water partition coefficient (Wildman–Crippen LogP) is 3.51. The molecule has 1 N–H and O–H groups in total. The van der Waals surface area contributed by atoms with Gasteiger partial charge in [-0.1, -0.05) is 39.0 Å². The Morgan fingerprint density at radius 1 is 1.14 bits per heavy atom. The van der Waals surface area contributed by atoms with Crippen molar-refractivity contribution in [1.82, 2.24) is 0 Å². The van der Waals surface area contributed by atoms with E-state index in [1.165, 1.54) is 44.9 Å². The molecule has 0 saturated heterocycles. The van der Waals surface area contributed by atoms with Crippen molar-refractivity contribution in [3.8, 4) is 0 Å². The minimum absolute atomic E-state index is 0.199. The fraction of sp³-hybridized carbons (Fsp3) is 1.00. The molecular weight excluding hydrogens is 172 g/mol. The molecular formula is C13H24O. The van der Waals surface area contributed by atoms with E-state index in [0.717, 1.165) is 18.8 Å². The van der Waals surface area contributed by atoms with Crippen LogP contribution in [-0.2, 0) is 0 Å². The lowest BCUT2D eigenvalue weighted by Gasteiger charge is -2.31. The van der Waals surface area contributed by atoms with Crippen molar-refractivity contribution in [2.24, 2.45) is 11.8 Å². The Morgan fingerprint density at radius 2 is 1.79 bits per heavy atom. The van der Waals surface area contributed by atoms with Crippen molar-refractivity contribution < 1.29 is 5.11 Å². The number of rotatable bonds is 4. The summed E-state index contributed by atoms with van der Waals surface area (Å²) in [7, 11) is 0. The van der Waals surface area contributed by atoms with Crippen molar-refractivity contribution in [3.63, 3.8) is 0 Å². The van der Waals surface area contributed by atoms with Crippen LogP contribution < -0.4 is 0 Å². The zero-order valence-electron chi connectivity index (χ0n) is 9.47. The number of aliphatic hydroxyl groups is 1. The SMILES string of the molecule is CCCCC1CCC(C2(O)CC2)CC1. The van der Waals surface area contributed by atoms with Gasteiger partial charge in [-0.3, -0.25) is 0 Å². The minimum atomic E-state index is -0.199. The largest absolute Gasteiger partial charge is 0.390 e. The van der Waals surface area contributed by atoms with E-state index in [4.69, 9.17) is 0 Å². The smallest absolute Gasteiger partial charge is 0.0678 e. The van der Waals surface area contributed by atoms with Crippen molar-refractivity contribution in [3.05, 3.63) is 0 Å². The van der Waals surface area contributed by atoms with Crippen LogP contribution in [0.15, 0.2) is 0 Å². The molecule has 0 spiro atoms. The van der Waals surface area contributed by atoms with E-state index in [9.17, 15) is 5.11 Å². The van der Waals surface area contributed by atoms with Gasteiger partial charge in [-0.25, -0.2) is 0 Å². The third-order valence-corrected chi connectivity index (χ3v) is 4.33. The average molecular weight is 196 g/mol. The first kappa shape index (κ1) is 10.5. The van der Waals surface area contributed by atoms with Gasteiger partial charge in [-0.2, -0.15) is 0 Å². The number of hydrogen-bond donors (Lipinski definition) is 1. The van der Waals surface area contributed by atoms with Crippen LogP contribution in [0.1, 0.15) is 64.7 Å². The third kappa shape index (κ3) is 2.31. The fourth-order valence-electron chi connectivity index (χ4n) is 3.02. The Kier molecular flexibility index (Phi) is 3.16. The van der Waals surface area contributed by atoms with Crippen LogP contribution in [0.3, 0.4) is 0 Å². The molecule has 82 valence electrons. The summed E-state index contributed by atoms with van der Waals surface area (Å²) in [6, 6.07) is 0. The molecule has 14 heavy (non-hydrogen) atoms. The minimum Gasteiger partial charge on any atom is -0.390 e. The molecule has 0 aromatic heterocycles. The maximum Gasteiger partial charge on any atom is 0.0678 e. The molecule has 2 rings (SSSR count). The van der Waals surface area contributed by atoms with Gasteiger partial charge >= 0.3 is 0 Å². The number of hydrogen-bond acceptors (Lipinski definition) is 1. The average Bonchev–Trinajstić information content (AvgIpc) is 2.96. The van der Waals surface area contributed by atoms with Gasteiger partial charge in [-0.15, -0.1) is 0 Å². The summed E-state index contributed by atoms with van der Waals surface area (Å²) in [5, 5.41) is 10.0. The second-order valence-electron chi connectivity index (χ2n) is 5.46. The molecule has 2 aliphatic carbocycles. The van der Waals surface area contributed by atoms with Crippen molar-refractivity contribution in [2.75, 3.05) is 0 Å². The molecule has 0 bridgehead atoms. The number of unbranched alkanes of at least 4 members (excludes halogenated alkanes) is 1. The molecule has 0 aromatic rings. The molecule has 0 amide bonds. The summed E-state index contributed by atoms with van der Waals surface area (Å²) < 4.78 is 0. The van der Waals surface area contributed by atoms with Crippen LogP contribution in [-0.4, -0.2) is 10.7 Å². The lowest BCUT2D eigenvalue weighted by Crippen LogP contribution is -2.27. The second-order valence-corrected chi connectivity index (χ2v) is 5.46. The van der Waals surface area contributed by atoms with E-state index in [-0.39, 0.29) is 5.60 Å². The first-order valence-corrected chi connectivity index (χ1v) is 6.47. The molecule has 0 aromatic carbocycles. The first-order valence-electron chi connectivity index (χ1n) is 6.47. The highest BCUT2D eigenvalue weighted by atomic mass is 16.3. The quantitative estimate of drug-likeness (QED) is 0.729. The van der Waals surface area contributed by atoms with Crippen molar-refractivity contribution >= 4 is 0 Å². The Labute approximate surface area is 87.9 Å².